The van der Waals surface area contributed by atoms with Crippen molar-refractivity contribution in [3.8, 4) is 0 Å². The van der Waals surface area contributed by atoms with E-state index in [0.29, 0.717) is 6.04 Å². The van der Waals surface area contributed by atoms with Crippen molar-refractivity contribution < 1.29 is 4.79 Å². The summed E-state index contributed by atoms with van der Waals surface area (Å²) < 4.78 is 0. The number of nitrogens with zero attached hydrogens (tertiary/aromatic N) is 1. The predicted molar refractivity (Wildman–Crippen MR) is 52.5 cm³/mol. The van der Waals surface area contributed by atoms with Crippen molar-refractivity contribution in [3.63, 3.8) is 0 Å². The maximum absolute atomic E-state index is 11.5. The monoisotopic (exact) mass is 185 g/mol. The zero-order valence-corrected chi connectivity index (χ0v) is 8.63. The van der Waals surface area contributed by atoms with Crippen LogP contribution in [0.15, 0.2) is 0 Å². The van der Waals surface area contributed by atoms with E-state index in [1.54, 1.807) is 7.05 Å². The van der Waals surface area contributed by atoms with Gasteiger partial charge >= 0.3 is 0 Å². The molecule has 0 spiro atoms. The first-order valence-corrected chi connectivity index (χ1v) is 4.75. The average Bonchev–Trinajstić information content (AvgIpc) is 2.16. The van der Waals surface area contributed by atoms with Crippen molar-refractivity contribution >= 4 is 5.91 Å². The van der Waals surface area contributed by atoms with E-state index in [1.165, 1.54) is 0 Å². The standard InChI is InChI=1S/C9H19N3O/c1-10-9(13)7-4-5-11-6-8(7)12(2)3/h7-8,11H,4-6H2,1-3H3,(H,10,13)/t7-,8-/m0/s1. The second-order valence-electron chi connectivity index (χ2n) is 3.74. The smallest absolute Gasteiger partial charge is 0.224 e. The first kappa shape index (κ1) is 10.5. The highest BCUT2D eigenvalue weighted by Gasteiger charge is 2.31. The van der Waals surface area contributed by atoms with Gasteiger partial charge in [-0.2, -0.15) is 0 Å². The second-order valence-corrected chi connectivity index (χ2v) is 3.74. The van der Waals surface area contributed by atoms with Gasteiger partial charge in [0.2, 0.25) is 5.91 Å². The summed E-state index contributed by atoms with van der Waals surface area (Å²) in [4.78, 5) is 13.6. The Bertz CT molecular complexity index is 182. The minimum absolute atomic E-state index is 0.140. The first-order valence-electron chi connectivity index (χ1n) is 4.75. The molecular formula is C9H19N3O. The summed E-state index contributed by atoms with van der Waals surface area (Å²) in [5.41, 5.74) is 0. The third-order valence-electron chi connectivity index (χ3n) is 2.70. The van der Waals surface area contributed by atoms with Gasteiger partial charge in [0, 0.05) is 19.6 Å². The Morgan fingerprint density at radius 1 is 1.54 bits per heavy atom. The van der Waals surface area contributed by atoms with Crippen LogP contribution in [-0.2, 0) is 4.79 Å². The Labute approximate surface area is 79.7 Å². The van der Waals surface area contributed by atoms with Crippen LogP contribution in [0.3, 0.4) is 0 Å². The van der Waals surface area contributed by atoms with Gasteiger partial charge < -0.3 is 15.5 Å². The van der Waals surface area contributed by atoms with Gasteiger partial charge in [0.1, 0.15) is 0 Å². The van der Waals surface area contributed by atoms with Crippen LogP contribution in [0.2, 0.25) is 0 Å². The normalized spacial score (nSPS) is 28.9. The van der Waals surface area contributed by atoms with Crippen molar-refractivity contribution in [1.29, 1.82) is 0 Å². The summed E-state index contributed by atoms with van der Waals surface area (Å²) in [5.74, 6) is 0.307. The molecule has 13 heavy (non-hydrogen) atoms. The summed E-state index contributed by atoms with van der Waals surface area (Å²) >= 11 is 0. The van der Waals surface area contributed by atoms with Crippen LogP contribution < -0.4 is 10.6 Å². The van der Waals surface area contributed by atoms with E-state index in [4.69, 9.17) is 0 Å². The fourth-order valence-corrected chi connectivity index (χ4v) is 1.88. The van der Waals surface area contributed by atoms with Crippen LogP contribution in [0.5, 0.6) is 0 Å². The van der Waals surface area contributed by atoms with Crippen molar-refractivity contribution in [1.82, 2.24) is 15.5 Å². The van der Waals surface area contributed by atoms with Crippen molar-refractivity contribution in [2.45, 2.75) is 12.5 Å². The summed E-state index contributed by atoms with van der Waals surface area (Å²) in [6.45, 7) is 1.85. The number of piperidine rings is 1. The van der Waals surface area contributed by atoms with Gasteiger partial charge in [0.15, 0.2) is 0 Å². The molecule has 1 heterocycles. The number of carbonyl (C=O) groups is 1. The number of carbonyl (C=O) groups excluding carboxylic acids is 1. The van der Waals surface area contributed by atoms with E-state index >= 15 is 0 Å². The topological polar surface area (TPSA) is 44.4 Å². The highest BCUT2D eigenvalue weighted by atomic mass is 16.1. The number of hydrogen-bond acceptors (Lipinski definition) is 3. The molecule has 2 atom stereocenters. The molecule has 1 aliphatic heterocycles. The van der Waals surface area contributed by atoms with E-state index in [2.05, 4.69) is 15.5 Å². The van der Waals surface area contributed by atoms with Crippen LogP contribution in [0.25, 0.3) is 0 Å². The van der Waals surface area contributed by atoms with E-state index in [-0.39, 0.29) is 11.8 Å². The molecule has 0 aliphatic carbocycles. The van der Waals surface area contributed by atoms with Crippen molar-refractivity contribution in [3.05, 3.63) is 0 Å². The molecule has 1 rings (SSSR count). The van der Waals surface area contributed by atoms with Crippen molar-refractivity contribution in [2.24, 2.45) is 5.92 Å². The van der Waals surface area contributed by atoms with Gasteiger partial charge in [-0.1, -0.05) is 0 Å². The van der Waals surface area contributed by atoms with Gasteiger partial charge in [0.25, 0.3) is 0 Å². The van der Waals surface area contributed by atoms with Gasteiger partial charge in [-0.05, 0) is 27.1 Å². The molecule has 0 aromatic heterocycles. The van der Waals surface area contributed by atoms with Gasteiger partial charge in [0.05, 0.1) is 5.92 Å². The molecule has 0 aromatic carbocycles. The summed E-state index contributed by atoms with van der Waals surface area (Å²) in [7, 11) is 5.75. The van der Waals surface area contributed by atoms with Gasteiger partial charge in [-0.15, -0.1) is 0 Å². The fraction of sp³-hybridized carbons (Fsp3) is 0.889. The molecule has 0 radical (unpaired) electrons. The fourth-order valence-electron chi connectivity index (χ4n) is 1.88. The number of amides is 1. The zero-order valence-electron chi connectivity index (χ0n) is 8.63. The molecule has 0 bridgehead atoms. The van der Waals surface area contributed by atoms with E-state index in [0.717, 1.165) is 19.5 Å². The van der Waals surface area contributed by atoms with Crippen LogP contribution >= 0.6 is 0 Å². The molecule has 1 aliphatic rings. The van der Waals surface area contributed by atoms with Crippen molar-refractivity contribution in [2.75, 3.05) is 34.2 Å². The van der Waals surface area contributed by atoms with E-state index < -0.39 is 0 Å². The molecule has 0 unspecified atom stereocenters. The molecule has 1 fully saturated rings. The number of hydrogen-bond donors (Lipinski definition) is 2. The third kappa shape index (κ3) is 2.42. The molecule has 1 amide bonds. The Morgan fingerprint density at radius 2 is 2.23 bits per heavy atom. The molecule has 4 nitrogen and oxygen atoms in total. The molecular weight excluding hydrogens is 166 g/mol. The van der Waals surface area contributed by atoms with E-state index in [1.807, 2.05) is 14.1 Å². The lowest BCUT2D eigenvalue weighted by atomic mass is 9.91. The summed E-state index contributed by atoms with van der Waals surface area (Å²) in [5, 5.41) is 6.03. The van der Waals surface area contributed by atoms with Crippen LogP contribution in [0.4, 0.5) is 0 Å². The average molecular weight is 185 g/mol. The highest BCUT2D eigenvalue weighted by molar-refractivity contribution is 5.79. The van der Waals surface area contributed by atoms with Gasteiger partial charge in [-0.25, -0.2) is 0 Å². The predicted octanol–water partition coefficient (Wildman–Crippen LogP) is -0.728. The maximum Gasteiger partial charge on any atom is 0.224 e. The highest BCUT2D eigenvalue weighted by Crippen LogP contribution is 2.16. The van der Waals surface area contributed by atoms with Gasteiger partial charge in [-0.3, -0.25) is 4.79 Å². The second kappa shape index (κ2) is 4.58. The lowest BCUT2D eigenvalue weighted by Gasteiger charge is -2.35. The largest absolute Gasteiger partial charge is 0.359 e. The number of nitrogens with one attached hydrogen (secondary N) is 2. The Hall–Kier alpha value is -0.610. The number of likely N-dealkylation sites (N-methyl/N-ethyl adjacent to an activating group) is 1. The molecule has 0 saturated carbocycles. The molecule has 0 aromatic rings. The maximum atomic E-state index is 11.5. The van der Waals surface area contributed by atoms with Crippen LogP contribution in [-0.4, -0.2) is 51.1 Å². The quantitative estimate of drug-likeness (QED) is 0.596. The zero-order chi connectivity index (χ0) is 9.84. The Morgan fingerprint density at radius 3 is 2.77 bits per heavy atom. The lowest BCUT2D eigenvalue weighted by molar-refractivity contribution is -0.127. The van der Waals surface area contributed by atoms with E-state index in [9.17, 15) is 4.79 Å². The summed E-state index contributed by atoms with van der Waals surface area (Å²) in [6.07, 6.45) is 0.933. The molecule has 1 saturated heterocycles. The number of rotatable bonds is 2. The Balaban J connectivity index is 2.61. The lowest BCUT2D eigenvalue weighted by Crippen LogP contribution is -2.53. The molecule has 4 heteroatoms. The Kier molecular flexibility index (Phi) is 3.69. The van der Waals surface area contributed by atoms with Crippen LogP contribution in [0, 0.1) is 5.92 Å². The summed E-state index contributed by atoms with van der Waals surface area (Å²) in [6, 6.07) is 0.327. The van der Waals surface area contributed by atoms with Crippen LogP contribution in [0.1, 0.15) is 6.42 Å². The SMILES string of the molecule is CNC(=O)[C@H]1CCNC[C@@H]1N(C)C. The third-order valence-corrected chi connectivity index (χ3v) is 2.70. The molecule has 76 valence electrons. The molecule has 2 N–H and O–H groups in total. The minimum atomic E-state index is 0.140. The first-order chi connectivity index (χ1) is 6.16. The minimum Gasteiger partial charge on any atom is -0.359 e.